The van der Waals surface area contributed by atoms with Gasteiger partial charge in [0.05, 0.1) is 26.2 Å². The summed E-state index contributed by atoms with van der Waals surface area (Å²) in [6.45, 7) is 15.9. The van der Waals surface area contributed by atoms with E-state index in [4.69, 9.17) is 9.47 Å². The molecule has 0 aliphatic heterocycles. The van der Waals surface area contributed by atoms with Crippen molar-refractivity contribution in [3.63, 3.8) is 0 Å². The Morgan fingerprint density at radius 2 is 1.48 bits per heavy atom. The number of rotatable bonds is 13. The predicted octanol–water partition coefficient (Wildman–Crippen LogP) is 3.73. The lowest BCUT2D eigenvalue weighted by atomic mass is 10.2. The number of nitrogens with zero attached hydrogens (tertiary/aromatic N) is 3. The number of hydrogen-bond donors (Lipinski definition) is 0. The Labute approximate surface area is 188 Å². The fourth-order valence-corrected chi connectivity index (χ4v) is 3.23. The van der Waals surface area contributed by atoms with E-state index in [9.17, 15) is 9.59 Å². The first-order valence-corrected chi connectivity index (χ1v) is 11.6. The molecule has 1 rings (SSSR count). The SMILES string of the molecule is CCCCCCn1cc[n+](CCCN(CC(=O)OC(C)(C)C)CC(=O)OC(C)(C)C)c1. The minimum absolute atomic E-state index is 0.0691. The van der Waals surface area contributed by atoms with Crippen molar-refractivity contribution in [2.45, 2.75) is 105 Å². The molecule has 0 aliphatic carbocycles. The van der Waals surface area contributed by atoms with Crippen LogP contribution in [0.1, 0.15) is 80.6 Å². The van der Waals surface area contributed by atoms with Crippen LogP contribution in [-0.4, -0.2) is 52.2 Å². The lowest BCUT2D eigenvalue weighted by Crippen LogP contribution is -2.41. The van der Waals surface area contributed by atoms with Gasteiger partial charge < -0.3 is 9.47 Å². The van der Waals surface area contributed by atoms with Gasteiger partial charge in [-0.2, -0.15) is 0 Å². The van der Waals surface area contributed by atoms with Crippen LogP contribution in [0.2, 0.25) is 0 Å². The molecule has 1 heterocycles. The second-order valence-electron chi connectivity index (χ2n) is 10.2. The van der Waals surface area contributed by atoms with E-state index >= 15 is 0 Å². The molecule has 0 spiro atoms. The Hall–Kier alpha value is -1.89. The molecule has 0 atom stereocenters. The minimum atomic E-state index is -0.551. The maximum atomic E-state index is 12.3. The summed E-state index contributed by atoms with van der Waals surface area (Å²) >= 11 is 0. The van der Waals surface area contributed by atoms with Crippen molar-refractivity contribution in [3.05, 3.63) is 18.7 Å². The number of carbonyl (C=O) groups excluding carboxylic acids is 2. The van der Waals surface area contributed by atoms with Crippen molar-refractivity contribution in [1.82, 2.24) is 9.47 Å². The second-order valence-corrected chi connectivity index (χ2v) is 10.2. The summed E-state index contributed by atoms with van der Waals surface area (Å²) in [4.78, 5) is 26.4. The third-order valence-electron chi connectivity index (χ3n) is 4.45. The average Bonchev–Trinajstić information content (AvgIpc) is 3.03. The molecule has 0 amide bonds. The van der Waals surface area contributed by atoms with E-state index in [2.05, 4.69) is 34.8 Å². The maximum absolute atomic E-state index is 12.3. The Morgan fingerprint density at radius 1 is 0.903 bits per heavy atom. The van der Waals surface area contributed by atoms with Crippen LogP contribution in [0.4, 0.5) is 0 Å². The van der Waals surface area contributed by atoms with Gasteiger partial charge in [-0.05, 0) is 60.8 Å². The molecule has 7 heteroatoms. The molecular weight excluding hydrogens is 394 g/mol. The fraction of sp³-hybridized carbons (Fsp3) is 0.792. The third kappa shape index (κ3) is 13.9. The molecule has 1 aromatic rings. The molecule has 0 saturated carbocycles. The topological polar surface area (TPSA) is 64.6 Å². The Balaban J connectivity index is 2.57. The molecule has 31 heavy (non-hydrogen) atoms. The number of hydrogen-bond acceptors (Lipinski definition) is 5. The van der Waals surface area contributed by atoms with Crippen LogP contribution in [0.5, 0.6) is 0 Å². The quantitative estimate of drug-likeness (QED) is 0.267. The van der Waals surface area contributed by atoms with Crippen molar-refractivity contribution in [3.8, 4) is 0 Å². The molecule has 0 saturated heterocycles. The van der Waals surface area contributed by atoms with E-state index in [1.54, 1.807) is 0 Å². The van der Waals surface area contributed by atoms with Crippen molar-refractivity contribution < 1.29 is 23.6 Å². The van der Waals surface area contributed by atoms with Crippen molar-refractivity contribution in [2.24, 2.45) is 0 Å². The van der Waals surface area contributed by atoms with E-state index in [0.717, 1.165) is 19.5 Å². The summed E-state index contributed by atoms with van der Waals surface area (Å²) in [6, 6.07) is 0. The molecule has 0 unspecified atom stereocenters. The summed E-state index contributed by atoms with van der Waals surface area (Å²) in [5.41, 5.74) is -1.10. The summed E-state index contributed by atoms with van der Waals surface area (Å²) in [6.07, 6.45) is 12.1. The van der Waals surface area contributed by atoms with Gasteiger partial charge >= 0.3 is 11.9 Å². The van der Waals surface area contributed by atoms with Gasteiger partial charge in [-0.25, -0.2) is 9.13 Å². The normalized spacial score (nSPS) is 12.3. The van der Waals surface area contributed by atoms with Crippen LogP contribution < -0.4 is 4.57 Å². The Morgan fingerprint density at radius 3 is 2.00 bits per heavy atom. The monoisotopic (exact) mass is 438 g/mol. The smallest absolute Gasteiger partial charge is 0.320 e. The van der Waals surface area contributed by atoms with E-state index in [1.807, 2.05) is 46.4 Å². The predicted molar refractivity (Wildman–Crippen MR) is 122 cm³/mol. The van der Waals surface area contributed by atoms with E-state index in [0.29, 0.717) is 6.54 Å². The highest BCUT2D eigenvalue weighted by Crippen LogP contribution is 2.10. The molecule has 0 bridgehead atoms. The van der Waals surface area contributed by atoms with Gasteiger partial charge in [0.15, 0.2) is 0 Å². The van der Waals surface area contributed by atoms with Gasteiger partial charge in [-0.3, -0.25) is 14.5 Å². The third-order valence-corrected chi connectivity index (χ3v) is 4.45. The zero-order valence-electron chi connectivity index (χ0n) is 20.8. The van der Waals surface area contributed by atoms with E-state index < -0.39 is 11.2 Å². The van der Waals surface area contributed by atoms with Crippen LogP contribution in [-0.2, 0) is 32.2 Å². The molecule has 7 nitrogen and oxygen atoms in total. The zero-order valence-corrected chi connectivity index (χ0v) is 20.8. The number of imidazole rings is 1. The Kier molecular flexibility index (Phi) is 11.2. The summed E-state index contributed by atoms with van der Waals surface area (Å²) in [5.74, 6) is -0.663. The number of esters is 2. The molecule has 0 N–H and O–H groups in total. The number of unbranched alkanes of at least 4 members (excludes halogenated alkanes) is 3. The van der Waals surface area contributed by atoms with Gasteiger partial charge in [0.1, 0.15) is 23.6 Å². The van der Waals surface area contributed by atoms with Crippen LogP contribution in [0.15, 0.2) is 18.7 Å². The molecule has 178 valence electrons. The lowest BCUT2D eigenvalue weighted by Gasteiger charge is -2.26. The summed E-state index contributed by atoms with van der Waals surface area (Å²) < 4.78 is 15.2. The summed E-state index contributed by atoms with van der Waals surface area (Å²) in [7, 11) is 0. The standard InChI is InChI=1S/C24H44N3O4/c1-8-9-10-11-13-25-16-17-26(20-25)14-12-15-27(18-21(28)30-23(2,3)4)19-22(29)31-24(5,6)7/h16-17,20H,8-15,18-19H2,1-7H3/q+1. The first-order chi connectivity index (χ1) is 14.4. The van der Waals surface area contributed by atoms with Gasteiger partial charge in [-0.15, -0.1) is 0 Å². The van der Waals surface area contributed by atoms with Gasteiger partial charge in [0, 0.05) is 6.54 Å². The minimum Gasteiger partial charge on any atom is -0.459 e. The van der Waals surface area contributed by atoms with Crippen molar-refractivity contribution >= 4 is 11.9 Å². The van der Waals surface area contributed by atoms with E-state index in [1.165, 1.54) is 25.7 Å². The first-order valence-electron chi connectivity index (χ1n) is 11.6. The van der Waals surface area contributed by atoms with Crippen molar-refractivity contribution in [2.75, 3.05) is 19.6 Å². The molecule has 0 aliphatic rings. The van der Waals surface area contributed by atoms with Crippen molar-refractivity contribution in [1.29, 1.82) is 0 Å². The fourth-order valence-electron chi connectivity index (χ4n) is 3.23. The molecule has 1 aromatic heterocycles. The largest absolute Gasteiger partial charge is 0.459 e. The van der Waals surface area contributed by atoms with Crippen LogP contribution >= 0.6 is 0 Å². The lowest BCUT2D eigenvalue weighted by molar-refractivity contribution is -0.696. The van der Waals surface area contributed by atoms with Gasteiger partial charge in [0.25, 0.3) is 0 Å². The highest BCUT2D eigenvalue weighted by Gasteiger charge is 2.23. The van der Waals surface area contributed by atoms with E-state index in [-0.39, 0.29) is 25.0 Å². The molecule has 0 aromatic carbocycles. The Bertz CT molecular complexity index is 641. The second kappa shape index (κ2) is 12.8. The molecule has 0 fully saturated rings. The first kappa shape index (κ1) is 27.1. The molecule has 0 radical (unpaired) electrons. The summed E-state index contributed by atoms with van der Waals surface area (Å²) in [5, 5.41) is 0. The maximum Gasteiger partial charge on any atom is 0.320 e. The highest BCUT2D eigenvalue weighted by molar-refractivity contribution is 5.75. The number of carbonyl (C=O) groups is 2. The van der Waals surface area contributed by atoms with Crippen LogP contribution in [0, 0.1) is 0 Å². The number of aromatic nitrogens is 2. The highest BCUT2D eigenvalue weighted by atomic mass is 16.6. The van der Waals surface area contributed by atoms with Gasteiger partial charge in [0.2, 0.25) is 6.33 Å². The molecular formula is C24H44N3O4+. The van der Waals surface area contributed by atoms with Crippen LogP contribution in [0.3, 0.4) is 0 Å². The van der Waals surface area contributed by atoms with Crippen LogP contribution in [0.25, 0.3) is 0 Å². The van der Waals surface area contributed by atoms with Gasteiger partial charge in [-0.1, -0.05) is 19.8 Å². The number of aryl methyl sites for hydroxylation is 2. The zero-order chi connectivity index (χ0) is 23.5. The number of ether oxygens (including phenoxy) is 2. The average molecular weight is 439 g/mol.